The number of alkyl halides is 3. The van der Waals surface area contributed by atoms with Crippen LogP contribution < -0.4 is 15.9 Å². The Morgan fingerprint density at radius 3 is 2.63 bits per heavy atom. The number of aromatic amines is 1. The Kier molecular flexibility index (Phi) is 8.43. The first-order valence-electron chi connectivity index (χ1n) is 13.9. The standard InChI is InChI=1S/C30H32F3N7O3/c1-18-25(27(41)43-3)26(24-8-7-19(17-34)15-20(24)11-14-38(2)22-9-12-35-13-10-22)40-28(36-37-29(40)42)39(18)23-6-4-5-21(16-23)30(31,32)33/h4-8,15-16,22,26,35H,9-14H2,1-3H3,(H,37,42). The number of methoxy groups -OCH3 is 1. The number of aromatic nitrogens is 3. The van der Waals surface area contributed by atoms with E-state index in [-0.39, 0.29) is 22.9 Å². The number of halogens is 3. The normalized spacial score (nSPS) is 17.6. The smallest absolute Gasteiger partial charge is 0.416 e. The number of esters is 1. The molecule has 43 heavy (non-hydrogen) atoms. The molecule has 1 unspecified atom stereocenters. The van der Waals surface area contributed by atoms with E-state index in [4.69, 9.17) is 4.74 Å². The van der Waals surface area contributed by atoms with Crippen molar-refractivity contribution in [1.82, 2.24) is 25.0 Å². The number of rotatable bonds is 7. The number of carbonyl (C=O) groups is 1. The predicted octanol–water partition coefficient (Wildman–Crippen LogP) is 3.88. The van der Waals surface area contributed by atoms with Crippen molar-refractivity contribution in [1.29, 1.82) is 5.26 Å². The van der Waals surface area contributed by atoms with E-state index < -0.39 is 29.4 Å². The summed E-state index contributed by atoms with van der Waals surface area (Å²) in [4.78, 5) is 30.3. The Balaban J connectivity index is 1.65. The van der Waals surface area contributed by atoms with Crippen LogP contribution in [0.1, 0.15) is 48.1 Å². The lowest BCUT2D eigenvalue weighted by Gasteiger charge is -2.36. The third-order valence-corrected chi connectivity index (χ3v) is 8.21. The molecule has 1 atom stereocenters. The van der Waals surface area contributed by atoms with Crippen molar-refractivity contribution in [2.45, 2.75) is 44.4 Å². The van der Waals surface area contributed by atoms with Crippen molar-refractivity contribution >= 4 is 17.6 Å². The van der Waals surface area contributed by atoms with Gasteiger partial charge in [-0.2, -0.15) is 18.4 Å². The van der Waals surface area contributed by atoms with Gasteiger partial charge in [-0.3, -0.25) is 4.90 Å². The van der Waals surface area contributed by atoms with Gasteiger partial charge < -0.3 is 15.0 Å². The zero-order valence-corrected chi connectivity index (χ0v) is 24.0. The fraction of sp³-hybridized carbons (Fsp3) is 0.400. The molecule has 1 aromatic heterocycles. The minimum absolute atomic E-state index is 0.0154. The second-order valence-corrected chi connectivity index (χ2v) is 10.7. The van der Waals surface area contributed by atoms with E-state index in [0.717, 1.165) is 43.6 Å². The number of nitriles is 1. The first kappa shape index (κ1) is 30.1. The van der Waals surface area contributed by atoms with E-state index in [1.807, 2.05) is 0 Å². The molecule has 5 rings (SSSR count). The highest BCUT2D eigenvalue weighted by molar-refractivity contribution is 5.93. The summed E-state index contributed by atoms with van der Waals surface area (Å²) in [5.41, 5.74) is 0.597. The number of carbonyl (C=O) groups excluding carboxylic acids is 1. The number of anilines is 2. The Morgan fingerprint density at radius 1 is 1.21 bits per heavy atom. The molecule has 0 amide bonds. The molecule has 0 aliphatic carbocycles. The van der Waals surface area contributed by atoms with Gasteiger partial charge >= 0.3 is 17.8 Å². The topological polar surface area (TPSA) is 119 Å². The molecular weight excluding hydrogens is 563 g/mol. The van der Waals surface area contributed by atoms with Gasteiger partial charge in [-0.15, -0.1) is 5.10 Å². The molecule has 3 aromatic rings. The van der Waals surface area contributed by atoms with E-state index in [9.17, 15) is 28.0 Å². The lowest BCUT2D eigenvalue weighted by atomic mass is 9.89. The van der Waals surface area contributed by atoms with E-state index in [1.165, 1.54) is 28.7 Å². The fourth-order valence-electron chi connectivity index (χ4n) is 5.96. The summed E-state index contributed by atoms with van der Waals surface area (Å²) in [6, 6.07) is 11.2. The van der Waals surface area contributed by atoms with Crippen LogP contribution in [0.4, 0.5) is 24.8 Å². The van der Waals surface area contributed by atoms with Crippen molar-refractivity contribution in [3.8, 4) is 6.07 Å². The van der Waals surface area contributed by atoms with E-state index in [2.05, 4.69) is 33.5 Å². The largest absolute Gasteiger partial charge is 0.466 e. The second kappa shape index (κ2) is 12.1. The average molecular weight is 596 g/mol. The minimum Gasteiger partial charge on any atom is -0.466 e. The van der Waals surface area contributed by atoms with Crippen LogP contribution in [0.5, 0.6) is 0 Å². The quantitative estimate of drug-likeness (QED) is 0.395. The van der Waals surface area contributed by atoms with Gasteiger partial charge in [0.1, 0.15) is 6.04 Å². The number of nitrogens with zero attached hydrogens (tertiary/aromatic N) is 5. The molecule has 0 radical (unpaired) electrons. The first-order valence-corrected chi connectivity index (χ1v) is 13.9. The van der Waals surface area contributed by atoms with E-state index in [1.54, 1.807) is 25.1 Å². The molecule has 10 nitrogen and oxygen atoms in total. The predicted molar refractivity (Wildman–Crippen MR) is 153 cm³/mol. The summed E-state index contributed by atoms with van der Waals surface area (Å²) in [7, 11) is 3.26. The number of H-pyrrole nitrogens is 1. The SMILES string of the molecule is COC(=O)C1=C(C)N(c2cccc(C(F)(F)F)c2)c2n[nH]c(=O)n2C1c1ccc(C#N)cc1CCN(C)C1CCNCC1. The van der Waals surface area contributed by atoms with Crippen molar-refractivity contribution in [3.05, 3.63) is 86.5 Å². The summed E-state index contributed by atoms with van der Waals surface area (Å²) < 4.78 is 47.3. The van der Waals surface area contributed by atoms with Gasteiger partial charge in [0, 0.05) is 24.0 Å². The molecule has 0 bridgehead atoms. The summed E-state index contributed by atoms with van der Waals surface area (Å²) in [5, 5.41) is 19.6. The molecule has 13 heteroatoms. The maximum atomic E-state index is 13.6. The van der Waals surface area contributed by atoms with Crippen LogP contribution in [-0.4, -0.2) is 65.5 Å². The molecule has 1 fully saturated rings. The number of allylic oxidation sites excluding steroid dienone is 1. The lowest BCUT2D eigenvalue weighted by Crippen LogP contribution is -2.42. The Labute approximate surface area is 246 Å². The number of likely N-dealkylation sites (N-methyl/N-ethyl adjacent to an activating group) is 1. The number of hydrogen-bond donors (Lipinski definition) is 2. The van der Waals surface area contributed by atoms with Crippen molar-refractivity contribution in [2.75, 3.05) is 38.7 Å². The monoisotopic (exact) mass is 595 g/mol. The molecule has 3 heterocycles. The maximum Gasteiger partial charge on any atom is 0.416 e. The van der Waals surface area contributed by atoms with Gasteiger partial charge in [0.25, 0.3) is 0 Å². The Hall–Kier alpha value is -4.41. The van der Waals surface area contributed by atoms with Crippen molar-refractivity contribution in [2.24, 2.45) is 0 Å². The average Bonchev–Trinajstić information content (AvgIpc) is 3.39. The van der Waals surface area contributed by atoms with Gasteiger partial charge in [-0.25, -0.2) is 19.3 Å². The van der Waals surface area contributed by atoms with Crippen molar-refractivity contribution in [3.63, 3.8) is 0 Å². The first-order chi connectivity index (χ1) is 20.5. The van der Waals surface area contributed by atoms with Crippen LogP contribution in [0.3, 0.4) is 0 Å². The fourth-order valence-corrected chi connectivity index (χ4v) is 5.96. The summed E-state index contributed by atoms with van der Waals surface area (Å²) in [6.45, 7) is 4.12. The number of ether oxygens (including phenoxy) is 1. The molecule has 2 aromatic carbocycles. The zero-order chi connectivity index (χ0) is 30.9. The molecular formula is C30H32F3N7O3. The highest BCUT2D eigenvalue weighted by Gasteiger charge is 2.41. The molecule has 2 N–H and O–H groups in total. The highest BCUT2D eigenvalue weighted by Crippen LogP contribution is 2.43. The Bertz CT molecular complexity index is 1650. The van der Waals surface area contributed by atoms with Crippen LogP contribution in [0.25, 0.3) is 0 Å². The number of fused-ring (bicyclic) bond motifs is 1. The van der Waals surface area contributed by atoms with Crippen LogP contribution >= 0.6 is 0 Å². The molecule has 226 valence electrons. The van der Waals surface area contributed by atoms with Crippen LogP contribution in [0.2, 0.25) is 0 Å². The van der Waals surface area contributed by atoms with Gasteiger partial charge in [-0.1, -0.05) is 12.1 Å². The second-order valence-electron chi connectivity index (χ2n) is 10.7. The van der Waals surface area contributed by atoms with Gasteiger partial charge in [0.2, 0.25) is 5.95 Å². The van der Waals surface area contributed by atoms with E-state index >= 15 is 0 Å². The number of piperidine rings is 1. The zero-order valence-electron chi connectivity index (χ0n) is 24.0. The summed E-state index contributed by atoms with van der Waals surface area (Å²) >= 11 is 0. The van der Waals surface area contributed by atoms with Gasteiger partial charge in [0.15, 0.2) is 0 Å². The molecule has 0 saturated carbocycles. The molecule has 1 saturated heterocycles. The Morgan fingerprint density at radius 2 is 1.95 bits per heavy atom. The minimum atomic E-state index is -4.61. The van der Waals surface area contributed by atoms with Crippen LogP contribution in [-0.2, 0) is 22.1 Å². The molecule has 0 spiro atoms. The maximum absolute atomic E-state index is 13.6. The number of hydrogen-bond acceptors (Lipinski definition) is 8. The van der Waals surface area contributed by atoms with Gasteiger partial charge in [-0.05, 0) is 87.8 Å². The third kappa shape index (κ3) is 5.80. The number of nitrogens with one attached hydrogen (secondary N) is 2. The van der Waals surface area contributed by atoms with Crippen molar-refractivity contribution < 1.29 is 22.7 Å². The molecule has 2 aliphatic rings. The van der Waals surface area contributed by atoms with Gasteiger partial charge in [0.05, 0.1) is 29.9 Å². The summed E-state index contributed by atoms with van der Waals surface area (Å²) in [5.74, 6) is -0.734. The van der Waals surface area contributed by atoms with E-state index in [0.29, 0.717) is 30.1 Å². The lowest BCUT2D eigenvalue weighted by molar-refractivity contribution is -0.138. The van der Waals surface area contributed by atoms with Crippen LogP contribution in [0, 0.1) is 11.3 Å². The van der Waals surface area contributed by atoms with Crippen LogP contribution in [0.15, 0.2) is 58.5 Å². The third-order valence-electron chi connectivity index (χ3n) is 8.21. The summed E-state index contributed by atoms with van der Waals surface area (Å²) in [6.07, 6.45) is -2.06. The number of benzene rings is 2. The highest BCUT2D eigenvalue weighted by atomic mass is 19.4. The molecule has 2 aliphatic heterocycles.